The van der Waals surface area contributed by atoms with Crippen molar-refractivity contribution in [2.24, 2.45) is 0 Å². The van der Waals surface area contributed by atoms with Crippen molar-refractivity contribution >= 4 is 20.9 Å². The molecule has 7 heteroatoms. The van der Waals surface area contributed by atoms with Crippen molar-refractivity contribution in [3.05, 3.63) is 72.3 Å². The predicted octanol–water partition coefficient (Wildman–Crippen LogP) is 4.22. The molecule has 4 rings (SSSR count). The number of rotatable bonds is 6. The number of H-pyrrole nitrogens is 1. The molecule has 0 aliphatic rings. The van der Waals surface area contributed by atoms with E-state index in [4.69, 9.17) is 9.47 Å². The summed E-state index contributed by atoms with van der Waals surface area (Å²) >= 11 is 0. The van der Waals surface area contributed by atoms with Crippen LogP contribution < -0.4 is 9.47 Å². The van der Waals surface area contributed by atoms with Gasteiger partial charge in [-0.2, -0.15) is 0 Å². The van der Waals surface area contributed by atoms with Gasteiger partial charge in [0.15, 0.2) is 9.84 Å². The lowest BCUT2D eigenvalue weighted by atomic mass is 10.2. The van der Waals surface area contributed by atoms with Crippen LogP contribution in [0.5, 0.6) is 11.5 Å². The molecule has 4 aromatic rings. The Balaban J connectivity index is 1.64. The first-order chi connectivity index (χ1) is 13.9. The largest absolute Gasteiger partial charge is 0.496 e. The monoisotopic (exact) mass is 408 g/mol. The lowest BCUT2D eigenvalue weighted by Gasteiger charge is -2.10. The molecule has 29 heavy (non-hydrogen) atoms. The Morgan fingerprint density at radius 1 is 1.00 bits per heavy atom. The van der Waals surface area contributed by atoms with Gasteiger partial charge in [0.2, 0.25) is 0 Å². The lowest BCUT2D eigenvalue weighted by molar-refractivity contribution is 0.304. The molecular formula is C22H20N2O4S. The van der Waals surface area contributed by atoms with E-state index in [0.29, 0.717) is 29.4 Å². The highest BCUT2D eigenvalue weighted by atomic mass is 32.2. The Morgan fingerprint density at radius 2 is 1.79 bits per heavy atom. The maximum absolute atomic E-state index is 11.8. The van der Waals surface area contributed by atoms with Gasteiger partial charge in [0.1, 0.15) is 23.9 Å². The molecule has 1 aromatic heterocycles. The standard InChI is InChI=1S/C22H20N2O4S/c1-27-21-12-16(28-14-15-6-4-3-5-7-15)8-10-18(21)22-23-19-11-9-17(29(2,25)26)13-20(19)24-22/h3-13H,14H2,1-2H3,(H,23,24). The highest BCUT2D eigenvalue weighted by molar-refractivity contribution is 7.90. The summed E-state index contributed by atoms with van der Waals surface area (Å²) in [6.45, 7) is 0.461. The minimum absolute atomic E-state index is 0.236. The summed E-state index contributed by atoms with van der Waals surface area (Å²) in [5.41, 5.74) is 3.17. The fraction of sp³-hybridized carbons (Fsp3) is 0.136. The first-order valence-corrected chi connectivity index (χ1v) is 10.9. The third-order valence-corrected chi connectivity index (χ3v) is 5.67. The van der Waals surface area contributed by atoms with E-state index in [2.05, 4.69) is 9.97 Å². The van der Waals surface area contributed by atoms with Crippen LogP contribution in [0.4, 0.5) is 0 Å². The van der Waals surface area contributed by atoms with E-state index >= 15 is 0 Å². The molecule has 0 saturated carbocycles. The number of nitrogens with one attached hydrogen (secondary N) is 1. The van der Waals surface area contributed by atoms with Gasteiger partial charge < -0.3 is 14.5 Å². The number of imidazole rings is 1. The lowest BCUT2D eigenvalue weighted by Crippen LogP contribution is -1.96. The predicted molar refractivity (Wildman–Crippen MR) is 112 cm³/mol. The molecule has 0 bridgehead atoms. The van der Waals surface area contributed by atoms with Crippen molar-refractivity contribution in [1.29, 1.82) is 0 Å². The van der Waals surface area contributed by atoms with Gasteiger partial charge in [-0.1, -0.05) is 30.3 Å². The minimum atomic E-state index is -3.29. The third kappa shape index (κ3) is 4.09. The Hall–Kier alpha value is -3.32. The molecule has 0 aliphatic heterocycles. The number of aromatic amines is 1. The van der Waals surface area contributed by atoms with Crippen molar-refractivity contribution in [2.75, 3.05) is 13.4 Å². The normalized spacial score (nSPS) is 11.5. The van der Waals surface area contributed by atoms with E-state index in [1.54, 1.807) is 25.3 Å². The molecule has 0 radical (unpaired) electrons. The van der Waals surface area contributed by atoms with Crippen LogP contribution >= 0.6 is 0 Å². The zero-order chi connectivity index (χ0) is 20.4. The first-order valence-electron chi connectivity index (χ1n) is 8.99. The van der Waals surface area contributed by atoms with Gasteiger partial charge in [-0.25, -0.2) is 13.4 Å². The molecule has 3 aromatic carbocycles. The zero-order valence-corrected chi connectivity index (χ0v) is 16.9. The topological polar surface area (TPSA) is 81.3 Å². The van der Waals surface area contributed by atoms with Crippen molar-refractivity contribution in [1.82, 2.24) is 9.97 Å². The molecule has 0 fully saturated rings. The van der Waals surface area contributed by atoms with Crippen LogP contribution in [0.3, 0.4) is 0 Å². The molecule has 0 spiro atoms. The molecule has 0 unspecified atom stereocenters. The Bertz CT molecular complexity index is 1260. The van der Waals surface area contributed by atoms with E-state index < -0.39 is 9.84 Å². The van der Waals surface area contributed by atoms with Gasteiger partial charge in [0, 0.05) is 12.3 Å². The van der Waals surface area contributed by atoms with Crippen molar-refractivity contribution < 1.29 is 17.9 Å². The van der Waals surface area contributed by atoms with Gasteiger partial charge in [-0.05, 0) is 35.9 Å². The molecule has 6 nitrogen and oxygen atoms in total. The number of hydrogen-bond acceptors (Lipinski definition) is 5. The molecule has 0 atom stereocenters. The van der Waals surface area contributed by atoms with Crippen molar-refractivity contribution in [3.8, 4) is 22.9 Å². The third-order valence-electron chi connectivity index (χ3n) is 4.56. The smallest absolute Gasteiger partial charge is 0.175 e. The van der Waals surface area contributed by atoms with Crippen molar-refractivity contribution in [2.45, 2.75) is 11.5 Å². The van der Waals surface area contributed by atoms with Gasteiger partial charge in [-0.3, -0.25) is 0 Å². The summed E-state index contributed by atoms with van der Waals surface area (Å²) < 4.78 is 35.0. The minimum Gasteiger partial charge on any atom is -0.496 e. The van der Waals surface area contributed by atoms with Crippen LogP contribution in [0.15, 0.2) is 71.6 Å². The van der Waals surface area contributed by atoms with Crippen LogP contribution in [-0.4, -0.2) is 31.8 Å². The highest BCUT2D eigenvalue weighted by Gasteiger charge is 2.14. The maximum Gasteiger partial charge on any atom is 0.175 e. The van der Waals surface area contributed by atoms with Crippen LogP contribution in [0, 0.1) is 0 Å². The summed E-state index contributed by atoms with van der Waals surface area (Å²) in [4.78, 5) is 8.00. The number of ether oxygens (including phenoxy) is 2. The van der Waals surface area contributed by atoms with Crippen LogP contribution in [0.2, 0.25) is 0 Å². The molecule has 0 aliphatic carbocycles. The Labute approximate surface area is 169 Å². The SMILES string of the molecule is COc1cc(OCc2ccccc2)ccc1-c1nc2cc(S(C)(=O)=O)ccc2[nH]1. The van der Waals surface area contributed by atoms with E-state index in [-0.39, 0.29) is 4.90 Å². The molecule has 0 saturated heterocycles. The average molecular weight is 408 g/mol. The summed E-state index contributed by atoms with van der Waals surface area (Å²) in [6.07, 6.45) is 1.18. The summed E-state index contributed by atoms with van der Waals surface area (Å²) in [5, 5.41) is 0. The van der Waals surface area contributed by atoms with E-state index in [9.17, 15) is 8.42 Å². The molecule has 0 amide bonds. The van der Waals surface area contributed by atoms with E-state index in [1.807, 2.05) is 48.5 Å². The number of nitrogens with zero attached hydrogens (tertiary/aromatic N) is 1. The Kier molecular flexibility index (Phi) is 4.98. The average Bonchev–Trinajstić information content (AvgIpc) is 3.15. The second-order valence-corrected chi connectivity index (χ2v) is 8.69. The first kappa shape index (κ1) is 19.0. The number of aromatic nitrogens is 2. The van der Waals surface area contributed by atoms with Crippen LogP contribution in [0.1, 0.15) is 5.56 Å². The number of methoxy groups -OCH3 is 1. The quantitative estimate of drug-likeness (QED) is 0.517. The van der Waals surface area contributed by atoms with Gasteiger partial charge in [-0.15, -0.1) is 0 Å². The van der Waals surface area contributed by atoms with Gasteiger partial charge in [0.25, 0.3) is 0 Å². The summed E-state index contributed by atoms with van der Waals surface area (Å²) in [7, 11) is -1.70. The number of sulfone groups is 1. The van der Waals surface area contributed by atoms with Gasteiger partial charge in [0.05, 0.1) is 28.6 Å². The maximum atomic E-state index is 11.8. The molecule has 1 N–H and O–H groups in total. The Morgan fingerprint density at radius 3 is 2.52 bits per heavy atom. The van der Waals surface area contributed by atoms with Crippen LogP contribution in [0.25, 0.3) is 22.4 Å². The number of fused-ring (bicyclic) bond motifs is 1. The fourth-order valence-corrected chi connectivity index (χ4v) is 3.68. The molecule has 1 heterocycles. The van der Waals surface area contributed by atoms with Crippen molar-refractivity contribution in [3.63, 3.8) is 0 Å². The summed E-state index contributed by atoms with van der Waals surface area (Å²) in [5.74, 6) is 1.89. The zero-order valence-electron chi connectivity index (χ0n) is 16.0. The molecule has 148 valence electrons. The van der Waals surface area contributed by atoms with Gasteiger partial charge >= 0.3 is 0 Å². The van der Waals surface area contributed by atoms with Crippen LogP contribution in [-0.2, 0) is 16.4 Å². The highest BCUT2D eigenvalue weighted by Crippen LogP contribution is 2.33. The van der Waals surface area contributed by atoms with E-state index in [1.165, 1.54) is 6.26 Å². The fourth-order valence-electron chi connectivity index (χ4n) is 3.04. The second kappa shape index (κ2) is 7.60. The van der Waals surface area contributed by atoms with E-state index in [0.717, 1.165) is 16.6 Å². The second-order valence-electron chi connectivity index (χ2n) is 6.67. The molecular weight excluding hydrogens is 388 g/mol. The number of hydrogen-bond donors (Lipinski definition) is 1. The summed E-state index contributed by atoms with van der Waals surface area (Å²) in [6, 6.07) is 20.3. The number of benzene rings is 3.